The number of nitrogens with two attached hydrogens (primary N) is 1. The molecule has 1 amide bonds. The summed E-state index contributed by atoms with van der Waals surface area (Å²) in [5.74, 6) is 0.0696. The van der Waals surface area contributed by atoms with E-state index < -0.39 is 11.9 Å². The lowest BCUT2D eigenvalue weighted by molar-refractivity contribution is 0.0827. The first-order valence-corrected chi connectivity index (χ1v) is 11.4. The number of halogens is 2. The molecule has 2 aromatic carbocycles. The van der Waals surface area contributed by atoms with E-state index in [1.807, 2.05) is 19.1 Å². The average Bonchev–Trinajstić information content (AvgIpc) is 3.27. The van der Waals surface area contributed by atoms with Gasteiger partial charge in [-0.1, -0.05) is 23.7 Å². The van der Waals surface area contributed by atoms with E-state index in [0.717, 1.165) is 11.1 Å². The molecule has 0 radical (unpaired) electrons. The lowest BCUT2D eigenvalue weighted by Gasteiger charge is -2.20. The van der Waals surface area contributed by atoms with Gasteiger partial charge in [0.1, 0.15) is 17.7 Å². The number of rotatable bonds is 7. The number of ether oxygens (including phenoxy) is 2. The molecule has 4 aromatic rings. The van der Waals surface area contributed by atoms with E-state index in [1.165, 1.54) is 17.0 Å². The number of furan rings is 1. The normalized spacial score (nSPS) is 11.9. The van der Waals surface area contributed by atoms with Crippen LogP contribution in [0.1, 0.15) is 35.9 Å². The molecular formula is C26H25ClFN3O4. The van der Waals surface area contributed by atoms with Crippen LogP contribution < -0.4 is 15.2 Å². The van der Waals surface area contributed by atoms with Crippen molar-refractivity contribution in [1.82, 2.24) is 9.88 Å². The van der Waals surface area contributed by atoms with Gasteiger partial charge in [-0.05, 0) is 43.7 Å². The first kappa shape index (κ1) is 24.3. The third kappa shape index (κ3) is 4.61. The number of aromatic nitrogens is 1. The second kappa shape index (κ2) is 9.84. The van der Waals surface area contributed by atoms with Crippen molar-refractivity contribution in [2.24, 2.45) is 0 Å². The minimum Gasteiger partial charge on any atom is -0.493 e. The average molecular weight is 498 g/mol. The lowest BCUT2D eigenvalue weighted by Crippen LogP contribution is -2.21. The van der Waals surface area contributed by atoms with Gasteiger partial charge >= 0.3 is 0 Å². The first-order chi connectivity index (χ1) is 16.7. The highest BCUT2D eigenvalue weighted by atomic mass is 35.5. The Kier molecular flexibility index (Phi) is 6.84. The van der Waals surface area contributed by atoms with Gasteiger partial charge in [-0.25, -0.2) is 9.37 Å². The summed E-state index contributed by atoms with van der Waals surface area (Å²) >= 11 is 6.26. The minimum absolute atomic E-state index is 0.0878. The van der Waals surface area contributed by atoms with Crippen LogP contribution in [-0.4, -0.2) is 36.5 Å². The fraction of sp³-hybridized carbons (Fsp3) is 0.231. The fourth-order valence-corrected chi connectivity index (χ4v) is 4.12. The Morgan fingerprint density at radius 1 is 1.23 bits per heavy atom. The molecule has 0 aliphatic carbocycles. The first-order valence-electron chi connectivity index (χ1n) is 11.0. The SMILES string of the molecule is CCOc1ccc(F)c(Cl)c1[C@@H](C)Oc1c(N)ncc2c(-c3ccc(C(=O)N(C)C)cc3)coc12. The summed E-state index contributed by atoms with van der Waals surface area (Å²) in [5.41, 5.74) is 9.04. The van der Waals surface area contributed by atoms with Gasteiger partial charge in [0, 0.05) is 31.4 Å². The molecule has 0 aliphatic heterocycles. The molecule has 2 aromatic heterocycles. The van der Waals surface area contributed by atoms with Crippen molar-refractivity contribution in [2.75, 3.05) is 26.4 Å². The van der Waals surface area contributed by atoms with Gasteiger partial charge in [0.2, 0.25) is 5.75 Å². The second-order valence-corrected chi connectivity index (χ2v) is 8.49. The number of carbonyl (C=O) groups excluding carboxylic acids is 1. The molecule has 35 heavy (non-hydrogen) atoms. The predicted octanol–water partition coefficient (Wildman–Crippen LogP) is 6.11. The second-order valence-electron chi connectivity index (χ2n) is 8.11. The summed E-state index contributed by atoms with van der Waals surface area (Å²) in [6.07, 6.45) is 2.45. The molecule has 1 atom stereocenters. The number of amides is 1. The number of nitrogen functional groups attached to an aromatic ring is 1. The topological polar surface area (TPSA) is 90.8 Å². The quantitative estimate of drug-likeness (QED) is 0.331. The molecule has 0 unspecified atom stereocenters. The van der Waals surface area contributed by atoms with Crippen molar-refractivity contribution in [2.45, 2.75) is 20.0 Å². The number of pyridine rings is 1. The van der Waals surface area contributed by atoms with E-state index in [0.29, 0.717) is 34.5 Å². The van der Waals surface area contributed by atoms with Crippen molar-refractivity contribution in [1.29, 1.82) is 0 Å². The van der Waals surface area contributed by atoms with Crippen LogP contribution in [0.2, 0.25) is 5.02 Å². The Balaban J connectivity index is 1.72. The van der Waals surface area contributed by atoms with E-state index in [9.17, 15) is 9.18 Å². The minimum atomic E-state index is -0.723. The molecule has 182 valence electrons. The highest BCUT2D eigenvalue weighted by Crippen LogP contribution is 2.42. The van der Waals surface area contributed by atoms with Crippen LogP contribution in [0, 0.1) is 5.82 Å². The number of benzene rings is 2. The van der Waals surface area contributed by atoms with Crippen molar-refractivity contribution in [3.05, 3.63) is 70.8 Å². The van der Waals surface area contributed by atoms with Crippen molar-refractivity contribution in [3.63, 3.8) is 0 Å². The van der Waals surface area contributed by atoms with Gasteiger partial charge in [-0.15, -0.1) is 0 Å². The molecule has 0 spiro atoms. The van der Waals surface area contributed by atoms with Gasteiger partial charge in [0.25, 0.3) is 5.91 Å². The van der Waals surface area contributed by atoms with E-state index in [4.69, 9.17) is 31.2 Å². The Hall–Kier alpha value is -3.78. The van der Waals surface area contributed by atoms with Crippen LogP contribution in [0.5, 0.6) is 11.5 Å². The Labute approximate surface area is 207 Å². The van der Waals surface area contributed by atoms with Gasteiger partial charge in [-0.2, -0.15) is 0 Å². The molecule has 9 heteroatoms. The van der Waals surface area contributed by atoms with Gasteiger partial charge in [-0.3, -0.25) is 4.79 Å². The largest absolute Gasteiger partial charge is 0.493 e. The Morgan fingerprint density at radius 3 is 2.60 bits per heavy atom. The summed E-state index contributed by atoms with van der Waals surface area (Å²) in [6, 6.07) is 9.93. The maximum absolute atomic E-state index is 14.2. The van der Waals surface area contributed by atoms with Crippen molar-refractivity contribution in [3.8, 4) is 22.6 Å². The number of nitrogens with zero attached hydrogens (tertiary/aromatic N) is 2. The van der Waals surface area contributed by atoms with Crippen LogP contribution in [0.3, 0.4) is 0 Å². The molecule has 0 bridgehead atoms. The molecule has 0 saturated carbocycles. The molecule has 0 saturated heterocycles. The number of anilines is 1. The summed E-state index contributed by atoms with van der Waals surface area (Å²) in [4.78, 5) is 18.0. The van der Waals surface area contributed by atoms with Crippen LogP contribution in [0.25, 0.3) is 22.1 Å². The van der Waals surface area contributed by atoms with Gasteiger partial charge in [0.15, 0.2) is 11.4 Å². The third-order valence-electron chi connectivity index (χ3n) is 5.54. The highest BCUT2D eigenvalue weighted by molar-refractivity contribution is 6.31. The predicted molar refractivity (Wildman–Crippen MR) is 133 cm³/mol. The summed E-state index contributed by atoms with van der Waals surface area (Å²) in [6.45, 7) is 3.91. The maximum Gasteiger partial charge on any atom is 0.253 e. The number of hydrogen-bond acceptors (Lipinski definition) is 6. The molecule has 0 fully saturated rings. The number of fused-ring (bicyclic) bond motifs is 1. The maximum atomic E-state index is 14.2. The van der Waals surface area contributed by atoms with Crippen LogP contribution in [0.15, 0.2) is 53.3 Å². The zero-order valence-corrected chi connectivity index (χ0v) is 20.5. The van der Waals surface area contributed by atoms with Crippen LogP contribution in [0.4, 0.5) is 10.2 Å². The van der Waals surface area contributed by atoms with E-state index >= 15 is 0 Å². The zero-order valence-electron chi connectivity index (χ0n) is 19.8. The molecule has 2 heterocycles. The third-order valence-corrected chi connectivity index (χ3v) is 5.93. The van der Waals surface area contributed by atoms with Crippen molar-refractivity contribution < 1.29 is 23.1 Å². The summed E-state index contributed by atoms with van der Waals surface area (Å²) in [5, 5.41) is 0.582. The Morgan fingerprint density at radius 2 is 1.94 bits per heavy atom. The summed E-state index contributed by atoms with van der Waals surface area (Å²) in [7, 11) is 3.40. The monoisotopic (exact) mass is 497 g/mol. The smallest absolute Gasteiger partial charge is 0.253 e. The Bertz CT molecular complexity index is 1390. The number of carbonyl (C=O) groups is 1. The molecule has 2 N–H and O–H groups in total. The van der Waals surface area contributed by atoms with E-state index in [2.05, 4.69) is 4.98 Å². The zero-order chi connectivity index (χ0) is 25.3. The molecular weight excluding hydrogens is 473 g/mol. The number of hydrogen-bond donors (Lipinski definition) is 1. The molecule has 7 nitrogen and oxygen atoms in total. The van der Waals surface area contributed by atoms with E-state index in [-0.39, 0.29) is 22.5 Å². The van der Waals surface area contributed by atoms with Crippen LogP contribution in [-0.2, 0) is 0 Å². The van der Waals surface area contributed by atoms with Crippen molar-refractivity contribution >= 4 is 34.3 Å². The van der Waals surface area contributed by atoms with E-state index in [1.54, 1.807) is 45.6 Å². The fourth-order valence-electron chi connectivity index (χ4n) is 3.81. The molecule has 4 rings (SSSR count). The summed E-state index contributed by atoms with van der Waals surface area (Å²) < 4.78 is 31.8. The molecule has 0 aliphatic rings. The van der Waals surface area contributed by atoms with Gasteiger partial charge in [0.05, 0.1) is 28.8 Å². The van der Waals surface area contributed by atoms with Crippen LogP contribution >= 0.6 is 11.6 Å². The lowest BCUT2D eigenvalue weighted by atomic mass is 10.0. The van der Waals surface area contributed by atoms with Gasteiger partial charge < -0.3 is 24.5 Å². The highest BCUT2D eigenvalue weighted by Gasteiger charge is 2.24. The standard InChI is InChI=1S/C26H25ClFN3O4/c1-5-33-20-11-10-19(28)22(27)21(20)14(2)35-24-23-17(12-30-25(24)29)18(13-34-23)15-6-8-16(9-7-15)26(32)31(3)4/h6-14H,5H2,1-4H3,(H2,29,30)/t14-/m1/s1.